The monoisotopic (exact) mass is 278 g/mol. The fraction of sp³-hybridized carbons (Fsp3) is 0.667. The molecule has 0 aromatic carbocycles. The second-order valence-electron chi connectivity index (χ2n) is 4.58. The van der Waals surface area contributed by atoms with Crippen LogP contribution in [0.5, 0.6) is 0 Å². The van der Waals surface area contributed by atoms with Gasteiger partial charge in [-0.05, 0) is 32.8 Å². The first-order valence-electron chi connectivity index (χ1n) is 7.96. The molecule has 0 saturated heterocycles. The summed E-state index contributed by atoms with van der Waals surface area (Å²) in [6, 6.07) is 0. The Hall–Kier alpha value is -1.36. The smallest absolute Gasteiger partial charge is 0.287 e. The standard InChI is InChI=1S/C18H30O2/c1-4-7-8-9-10-11-12-13-14-15-16-17-18(19-5-2)20-6-3/h13-14,17H,4-12H2,1-3H3/b14-13+. The van der Waals surface area contributed by atoms with Crippen LogP contribution >= 0.6 is 0 Å². The van der Waals surface area contributed by atoms with Crippen molar-refractivity contribution in [2.24, 2.45) is 0 Å². The van der Waals surface area contributed by atoms with Crippen LogP contribution in [0.3, 0.4) is 0 Å². The van der Waals surface area contributed by atoms with Crippen LogP contribution in [-0.2, 0) is 9.47 Å². The Morgan fingerprint density at radius 2 is 1.50 bits per heavy atom. The lowest BCUT2D eigenvalue weighted by molar-refractivity contribution is 0.0471. The Morgan fingerprint density at radius 3 is 2.15 bits per heavy atom. The number of ether oxygens (including phenoxy) is 2. The topological polar surface area (TPSA) is 18.5 Å². The Morgan fingerprint density at radius 1 is 0.850 bits per heavy atom. The molecule has 0 saturated carbocycles. The van der Waals surface area contributed by atoms with Gasteiger partial charge in [0.05, 0.1) is 19.3 Å². The highest BCUT2D eigenvalue weighted by molar-refractivity contribution is 5.23. The van der Waals surface area contributed by atoms with Crippen LogP contribution in [0.2, 0.25) is 0 Å². The fourth-order valence-electron chi connectivity index (χ4n) is 1.74. The van der Waals surface area contributed by atoms with Gasteiger partial charge >= 0.3 is 0 Å². The fourth-order valence-corrected chi connectivity index (χ4v) is 1.74. The molecule has 0 spiro atoms. The zero-order valence-electron chi connectivity index (χ0n) is 13.4. The predicted octanol–water partition coefficient (Wildman–Crippen LogP) is 5.21. The van der Waals surface area contributed by atoms with Gasteiger partial charge in [-0.25, -0.2) is 0 Å². The van der Waals surface area contributed by atoms with Crippen LogP contribution in [-0.4, -0.2) is 13.2 Å². The molecule has 0 amide bonds. The summed E-state index contributed by atoms with van der Waals surface area (Å²) >= 11 is 0. The predicted molar refractivity (Wildman–Crippen MR) is 86.2 cm³/mol. The van der Waals surface area contributed by atoms with E-state index < -0.39 is 0 Å². The Bertz CT molecular complexity index is 310. The van der Waals surface area contributed by atoms with Crippen molar-refractivity contribution < 1.29 is 9.47 Å². The van der Waals surface area contributed by atoms with E-state index in [0.29, 0.717) is 19.2 Å². The Balaban J connectivity index is 3.72. The van der Waals surface area contributed by atoms with Gasteiger partial charge in [0.15, 0.2) is 0 Å². The van der Waals surface area contributed by atoms with Crippen molar-refractivity contribution in [3.8, 4) is 11.8 Å². The van der Waals surface area contributed by atoms with E-state index in [1.165, 1.54) is 38.5 Å². The third kappa shape index (κ3) is 13.1. The molecule has 0 aromatic heterocycles. The number of unbranched alkanes of at least 4 members (excludes halogenated alkanes) is 6. The first kappa shape index (κ1) is 18.6. The SMILES string of the molecule is CCCCCCCC/C=C/C#CC=C(OCC)OCC. The molecule has 0 bridgehead atoms. The van der Waals surface area contributed by atoms with E-state index in [-0.39, 0.29) is 0 Å². The molecule has 20 heavy (non-hydrogen) atoms. The van der Waals surface area contributed by atoms with E-state index in [1.807, 2.05) is 19.9 Å². The summed E-state index contributed by atoms with van der Waals surface area (Å²) in [5.41, 5.74) is 0. The summed E-state index contributed by atoms with van der Waals surface area (Å²) in [7, 11) is 0. The summed E-state index contributed by atoms with van der Waals surface area (Å²) < 4.78 is 10.6. The molecule has 0 aromatic rings. The van der Waals surface area contributed by atoms with Crippen LogP contribution in [0, 0.1) is 11.8 Å². The minimum atomic E-state index is 0.506. The summed E-state index contributed by atoms with van der Waals surface area (Å²) in [4.78, 5) is 0. The lowest BCUT2D eigenvalue weighted by atomic mass is 10.1. The zero-order chi connectivity index (χ0) is 14.9. The van der Waals surface area contributed by atoms with Crippen LogP contribution in [0.25, 0.3) is 0 Å². The highest BCUT2D eigenvalue weighted by Crippen LogP contribution is 2.06. The summed E-state index contributed by atoms with van der Waals surface area (Å²) in [6.07, 6.45) is 14.9. The van der Waals surface area contributed by atoms with E-state index in [4.69, 9.17) is 9.47 Å². The van der Waals surface area contributed by atoms with Gasteiger partial charge in [-0.3, -0.25) is 0 Å². The van der Waals surface area contributed by atoms with Crippen molar-refractivity contribution >= 4 is 0 Å². The number of rotatable bonds is 11. The molecule has 114 valence electrons. The number of hydrogen-bond donors (Lipinski definition) is 0. The molecule has 0 rings (SSSR count). The summed E-state index contributed by atoms with van der Waals surface area (Å²) in [6.45, 7) is 7.31. The molecule has 0 atom stereocenters. The molecule has 0 aliphatic carbocycles. The first-order valence-corrected chi connectivity index (χ1v) is 7.96. The molecule has 0 fully saturated rings. The molecule has 0 aliphatic heterocycles. The molecule has 2 nitrogen and oxygen atoms in total. The van der Waals surface area contributed by atoms with Gasteiger partial charge in [0.2, 0.25) is 0 Å². The lowest BCUT2D eigenvalue weighted by Gasteiger charge is -2.06. The third-order valence-corrected chi connectivity index (χ3v) is 2.77. The van der Waals surface area contributed by atoms with Gasteiger partial charge in [0.1, 0.15) is 0 Å². The van der Waals surface area contributed by atoms with Crippen LogP contribution in [0.1, 0.15) is 65.7 Å². The highest BCUT2D eigenvalue weighted by atomic mass is 16.7. The van der Waals surface area contributed by atoms with Crippen molar-refractivity contribution in [2.45, 2.75) is 65.7 Å². The lowest BCUT2D eigenvalue weighted by Crippen LogP contribution is -1.96. The second-order valence-corrected chi connectivity index (χ2v) is 4.58. The van der Waals surface area contributed by atoms with Crippen molar-refractivity contribution in [1.29, 1.82) is 0 Å². The molecule has 0 unspecified atom stereocenters. The van der Waals surface area contributed by atoms with Gasteiger partial charge in [-0.2, -0.15) is 0 Å². The van der Waals surface area contributed by atoms with Gasteiger partial charge < -0.3 is 9.47 Å². The molecule has 0 heterocycles. The second kappa shape index (κ2) is 15.7. The normalized spacial score (nSPS) is 9.95. The maximum absolute atomic E-state index is 5.29. The summed E-state index contributed by atoms with van der Waals surface area (Å²) in [5.74, 6) is 6.41. The highest BCUT2D eigenvalue weighted by Gasteiger charge is 1.92. The summed E-state index contributed by atoms with van der Waals surface area (Å²) in [5, 5.41) is 0. The largest absolute Gasteiger partial charge is 0.465 e. The van der Waals surface area contributed by atoms with Gasteiger partial charge in [0.25, 0.3) is 5.95 Å². The molecule has 0 radical (unpaired) electrons. The van der Waals surface area contributed by atoms with E-state index in [1.54, 1.807) is 6.08 Å². The van der Waals surface area contributed by atoms with Gasteiger partial charge in [-0.15, -0.1) is 0 Å². The quantitative estimate of drug-likeness (QED) is 0.293. The molecule has 0 N–H and O–H groups in total. The maximum Gasteiger partial charge on any atom is 0.287 e. The van der Waals surface area contributed by atoms with E-state index in [9.17, 15) is 0 Å². The van der Waals surface area contributed by atoms with Gasteiger partial charge in [0, 0.05) is 0 Å². The van der Waals surface area contributed by atoms with Crippen LogP contribution in [0.15, 0.2) is 24.2 Å². The van der Waals surface area contributed by atoms with Crippen LogP contribution < -0.4 is 0 Å². The number of allylic oxidation sites excluding steroid dienone is 3. The van der Waals surface area contributed by atoms with E-state index in [2.05, 4.69) is 24.8 Å². The average molecular weight is 278 g/mol. The van der Waals surface area contributed by atoms with Crippen molar-refractivity contribution in [3.63, 3.8) is 0 Å². The molecule has 0 aliphatic rings. The Labute approximate surface area is 125 Å². The third-order valence-electron chi connectivity index (χ3n) is 2.77. The minimum absolute atomic E-state index is 0.506. The molecule has 2 heteroatoms. The van der Waals surface area contributed by atoms with Crippen LogP contribution in [0.4, 0.5) is 0 Å². The van der Waals surface area contributed by atoms with E-state index in [0.717, 1.165) is 6.42 Å². The molecular weight excluding hydrogens is 248 g/mol. The van der Waals surface area contributed by atoms with Crippen molar-refractivity contribution in [2.75, 3.05) is 13.2 Å². The van der Waals surface area contributed by atoms with E-state index >= 15 is 0 Å². The first-order chi connectivity index (χ1) is 9.85. The zero-order valence-corrected chi connectivity index (χ0v) is 13.4. The Kier molecular flexibility index (Phi) is 14.6. The van der Waals surface area contributed by atoms with Gasteiger partial charge in [-0.1, -0.05) is 56.9 Å². The average Bonchev–Trinajstić information content (AvgIpc) is 2.45. The molecular formula is C18H30O2. The maximum atomic E-state index is 5.29. The minimum Gasteiger partial charge on any atom is -0.465 e. The number of hydrogen-bond acceptors (Lipinski definition) is 2. The van der Waals surface area contributed by atoms with Crippen molar-refractivity contribution in [3.05, 3.63) is 24.2 Å². The van der Waals surface area contributed by atoms with Crippen molar-refractivity contribution in [1.82, 2.24) is 0 Å².